The quantitative estimate of drug-likeness (QED) is 0.445. The molecule has 0 aliphatic carbocycles. The molecule has 0 unspecified atom stereocenters. The molecule has 8 heteroatoms. The van der Waals surface area contributed by atoms with Gasteiger partial charge in [-0.15, -0.1) is 0 Å². The molecule has 19 heavy (non-hydrogen) atoms. The molecule has 7 nitrogen and oxygen atoms in total. The lowest BCUT2D eigenvalue weighted by molar-refractivity contribution is 0.0949. The molecule has 0 aliphatic rings. The van der Waals surface area contributed by atoms with Gasteiger partial charge < -0.3 is 4.74 Å². The van der Waals surface area contributed by atoms with E-state index in [1.807, 2.05) is 12.1 Å². The van der Waals surface area contributed by atoms with Crippen LogP contribution in [-0.4, -0.2) is 34.6 Å². The molecular formula is C11H11N5O2S. The monoisotopic (exact) mass is 277 g/mol. The van der Waals surface area contributed by atoms with Crippen LogP contribution in [0.3, 0.4) is 0 Å². The van der Waals surface area contributed by atoms with Crippen LogP contribution in [0.15, 0.2) is 29.4 Å². The number of benzene rings is 1. The predicted octanol–water partition coefficient (Wildman–Crippen LogP) is 1.24. The van der Waals surface area contributed by atoms with E-state index in [0.717, 1.165) is 11.3 Å². The molecule has 98 valence electrons. The topological polar surface area (TPSA) is 95.2 Å². The number of H-pyrrole nitrogens is 2. The van der Waals surface area contributed by atoms with Crippen molar-refractivity contribution in [2.45, 2.75) is 0 Å². The number of rotatable bonds is 4. The molecule has 2 rings (SSSR count). The minimum Gasteiger partial charge on any atom is -0.497 e. The van der Waals surface area contributed by atoms with Crippen molar-refractivity contribution in [2.24, 2.45) is 5.10 Å². The normalized spacial score (nSPS) is 10.6. The lowest BCUT2D eigenvalue weighted by Gasteiger charge is -1.99. The van der Waals surface area contributed by atoms with Crippen molar-refractivity contribution >= 4 is 24.3 Å². The zero-order valence-electron chi connectivity index (χ0n) is 10.0. The Kier molecular flexibility index (Phi) is 4.04. The van der Waals surface area contributed by atoms with Gasteiger partial charge in [-0.3, -0.25) is 9.89 Å². The smallest absolute Gasteiger partial charge is 0.294 e. The van der Waals surface area contributed by atoms with E-state index >= 15 is 0 Å². The Balaban J connectivity index is 1.98. The molecular weight excluding hydrogens is 266 g/mol. The molecule has 0 bridgehead atoms. The van der Waals surface area contributed by atoms with Crippen LogP contribution < -0.4 is 10.2 Å². The number of hydrogen-bond donors (Lipinski definition) is 3. The number of methoxy groups -OCH3 is 1. The van der Waals surface area contributed by atoms with E-state index < -0.39 is 5.91 Å². The second kappa shape index (κ2) is 5.91. The van der Waals surface area contributed by atoms with Crippen LogP contribution in [0.4, 0.5) is 0 Å². The number of ether oxygens (including phenoxy) is 1. The molecule has 0 radical (unpaired) electrons. The summed E-state index contributed by atoms with van der Waals surface area (Å²) in [7, 11) is 1.59. The predicted molar refractivity (Wildman–Crippen MR) is 71.8 cm³/mol. The van der Waals surface area contributed by atoms with Gasteiger partial charge >= 0.3 is 0 Å². The number of nitrogens with zero attached hydrogens (tertiary/aromatic N) is 2. The Labute approximate surface area is 113 Å². The summed E-state index contributed by atoms with van der Waals surface area (Å²) >= 11 is 4.86. The minimum absolute atomic E-state index is 0.0990. The zero-order valence-corrected chi connectivity index (χ0v) is 10.8. The summed E-state index contributed by atoms with van der Waals surface area (Å²) in [5.41, 5.74) is 3.26. The molecule has 0 fully saturated rings. The Morgan fingerprint density at radius 3 is 2.79 bits per heavy atom. The summed E-state index contributed by atoms with van der Waals surface area (Å²) in [6, 6.07) is 7.23. The van der Waals surface area contributed by atoms with Crippen LogP contribution in [0.25, 0.3) is 0 Å². The first-order valence-corrected chi connectivity index (χ1v) is 5.72. The Morgan fingerprint density at radius 2 is 2.21 bits per heavy atom. The maximum absolute atomic E-state index is 11.6. The molecule has 3 N–H and O–H groups in total. The number of nitrogens with one attached hydrogen (secondary N) is 3. The molecule has 0 saturated heterocycles. The largest absolute Gasteiger partial charge is 0.497 e. The first kappa shape index (κ1) is 13.0. The lowest BCUT2D eigenvalue weighted by Crippen LogP contribution is -2.18. The fourth-order valence-electron chi connectivity index (χ4n) is 1.31. The van der Waals surface area contributed by atoms with Crippen molar-refractivity contribution < 1.29 is 9.53 Å². The second-order valence-corrected chi connectivity index (χ2v) is 3.91. The fraction of sp³-hybridized carbons (Fsp3) is 0.0909. The minimum atomic E-state index is -0.479. The maximum atomic E-state index is 11.6. The Bertz CT molecular complexity index is 644. The molecule has 2 aromatic rings. The van der Waals surface area contributed by atoms with E-state index in [1.54, 1.807) is 19.2 Å². The third-order valence-electron chi connectivity index (χ3n) is 2.26. The molecule has 0 saturated carbocycles. The average molecular weight is 277 g/mol. The van der Waals surface area contributed by atoms with Crippen molar-refractivity contribution in [3.05, 3.63) is 40.2 Å². The first-order chi connectivity index (χ1) is 9.20. The Morgan fingerprint density at radius 1 is 1.47 bits per heavy atom. The average Bonchev–Trinajstić information content (AvgIpc) is 2.86. The van der Waals surface area contributed by atoms with Crippen LogP contribution in [0.1, 0.15) is 16.1 Å². The molecule has 1 aromatic carbocycles. The summed E-state index contributed by atoms with van der Waals surface area (Å²) in [5.74, 6) is 0.274. The van der Waals surface area contributed by atoms with E-state index in [1.165, 1.54) is 6.21 Å². The highest BCUT2D eigenvalue weighted by Crippen LogP contribution is 2.09. The van der Waals surface area contributed by atoms with Crippen molar-refractivity contribution in [1.29, 1.82) is 0 Å². The molecule has 1 heterocycles. The molecule has 1 amide bonds. The van der Waals surface area contributed by atoms with Gasteiger partial charge in [-0.25, -0.2) is 10.6 Å². The number of carbonyl (C=O) groups is 1. The van der Waals surface area contributed by atoms with Crippen molar-refractivity contribution in [3.63, 3.8) is 0 Å². The van der Waals surface area contributed by atoms with E-state index in [4.69, 9.17) is 17.0 Å². The summed E-state index contributed by atoms with van der Waals surface area (Å²) < 4.78 is 5.27. The van der Waals surface area contributed by atoms with Gasteiger partial charge in [-0.1, -0.05) is 12.2 Å². The number of hydrogen-bond acceptors (Lipinski definition) is 5. The first-order valence-electron chi connectivity index (χ1n) is 5.31. The number of aromatic nitrogens is 3. The molecule has 0 aliphatic heterocycles. The van der Waals surface area contributed by atoms with Crippen molar-refractivity contribution in [1.82, 2.24) is 20.8 Å². The molecule has 1 aromatic heterocycles. The number of aromatic amines is 2. The van der Waals surface area contributed by atoms with E-state index in [0.29, 0.717) is 0 Å². The highest BCUT2D eigenvalue weighted by molar-refractivity contribution is 7.71. The van der Waals surface area contributed by atoms with Gasteiger partial charge in [0.15, 0.2) is 10.3 Å². The second-order valence-electron chi connectivity index (χ2n) is 3.50. The van der Waals surface area contributed by atoms with Crippen LogP contribution in [0.5, 0.6) is 5.75 Å². The highest BCUT2D eigenvalue weighted by atomic mass is 32.1. The third-order valence-corrected chi connectivity index (χ3v) is 2.56. The standard InChI is InChI=1S/C11H11N5O2S/c1-18-8-4-2-7(3-5-8)6-12-14-10(17)9-11(19)15-16-13-9/h2-6H,1H3,(H,14,17)(H2,13,15,16,19)/b12-6+. The summed E-state index contributed by atoms with van der Waals surface area (Å²) in [6.07, 6.45) is 1.51. The lowest BCUT2D eigenvalue weighted by atomic mass is 10.2. The van der Waals surface area contributed by atoms with Crippen LogP contribution in [0, 0.1) is 4.64 Å². The Hall–Kier alpha value is -2.48. The van der Waals surface area contributed by atoms with Gasteiger partial charge in [0, 0.05) is 0 Å². The van der Waals surface area contributed by atoms with Gasteiger partial charge in [0.1, 0.15) is 5.75 Å². The van der Waals surface area contributed by atoms with Crippen LogP contribution in [0.2, 0.25) is 0 Å². The van der Waals surface area contributed by atoms with E-state index in [9.17, 15) is 4.79 Å². The van der Waals surface area contributed by atoms with Gasteiger partial charge in [-0.2, -0.15) is 10.2 Å². The summed E-state index contributed by atoms with van der Waals surface area (Å²) in [6.45, 7) is 0. The molecule has 0 atom stereocenters. The number of carbonyl (C=O) groups excluding carboxylic acids is 1. The fourth-order valence-corrected chi connectivity index (χ4v) is 1.49. The zero-order chi connectivity index (χ0) is 13.7. The van der Waals surface area contributed by atoms with E-state index in [2.05, 4.69) is 25.9 Å². The van der Waals surface area contributed by atoms with Crippen LogP contribution in [-0.2, 0) is 0 Å². The summed E-state index contributed by atoms with van der Waals surface area (Å²) in [4.78, 5) is 11.6. The van der Waals surface area contributed by atoms with Crippen molar-refractivity contribution in [2.75, 3.05) is 7.11 Å². The van der Waals surface area contributed by atoms with Crippen LogP contribution >= 0.6 is 12.2 Å². The van der Waals surface area contributed by atoms with Gasteiger partial charge in [0.2, 0.25) is 0 Å². The van der Waals surface area contributed by atoms with Crippen molar-refractivity contribution in [3.8, 4) is 5.75 Å². The number of amides is 1. The number of hydrazone groups is 1. The maximum Gasteiger partial charge on any atom is 0.294 e. The SMILES string of the molecule is COc1ccc(/C=N/NC(=O)c2n[nH][nH]c2=S)cc1. The summed E-state index contributed by atoms with van der Waals surface area (Å²) in [5, 5.41) is 12.4. The molecule has 0 spiro atoms. The highest BCUT2D eigenvalue weighted by Gasteiger charge is 2.09. The van der Waals surface area contributed by atoms with Gasteiger partial charge in [0.25, 0.3) is 5.91 Å². The third kappa shape index (κ3) is 3.26. The van der Waals surface area contributed by atoms with Gasteiger partial charge in [-0.05, 0) is 29.8 Å². The van der Waals surface area contributed by atoms with Gasteiger partial charge in [0.05, 0.1) is 13.3 Å². The van der Waals surface area contributed by atoms with E-state index in [-0.39, 0.29) is 10.3 Å².